The van der Waals surface area contributed by atoms with Gasteiger partial charge in [-0.1, -0.05) is 19.8 Å². The molecule has 2 saturated carbocycles. The molecule has 4 heterocycles. The molecule has 2 aliphatic carbocycles. The largest absolute Gasteiger partial charge is 0.491 e. The Balaban J connectivity index is 1.05. The third-order valence-electron chi connectivity index (χ3n) is 10.8. The van der Waals surface area contributed by atoms with Crippen molar-refractivity contribution in [3.8, 4) is 5.75 Å². The summed E-state index contributed by atoms with van der Waals surface area (Å²) >= 11 is 0. The van der Waals surface area contributed by atoms with Gasteiger partial charge in [0.1, 0.15) is 17.5 Å². The molecule has 0 unspecified atom stereocenters. The standard InChI is InChI=1S/C34H48N8O3/c1-4-28-33(44)40(3)29-21-35-34(38-31(29)42(28)24-7-5-6-8-24)37-27-14-13-26(25-15-20-45-30(25)27)32(43)36-22-9-11-23(12-10-22)41-18-16-39(2)17-19-41/h13-14,21-24,28H,4-12,15-20H2,1-3H3,(H,36,43)(H,35,37,38)/t22-,23-,28-/m1/s1. The molecule has 0 bridgehead atoms. The molecule has 0 radical (unpaired) electrons. The van der Waals surface area contributed by atoms with E-state index in [0.717, 1.165) is 93.9 Å². The Morgan fingerprint density at radius 2 is 1.76 bits per heavy atom. The lowest BCUT2D eigenvalue weighted by Crippen LogP contribution is -2.55. The molecule has 242 valence electrons. The first kappa shape index (κ1) is 30.2. The molecule has 3 aliphatic heterocycles. The normalized spacial score (nSPS) is 26.0. The molecule has 2 aromatic rings. The maximum atomic E-state index is 13.5. The van der Waals surface area contributed by atoms with E-state index >= 15 is 0 Å². The van der Waals surface area contributed by atoms with E-state index in [9.17, 15) is 9.59 Å². The molecule has 1 saturated heterocycles. The highest BCUT2D eigenvalue weighted by atomic mass is 16.5. The number of piperazine rings is 1. The smallest absolute Gasteiger partial charge is 0.251 e. The van der Waals surface area contributed by atoms with Crippen LogP contribution in [0.1, 0.15) is 80.6 Å². The Bertz CT molecular complexity index is 1410. The number of hydrogen-bond acceptors (Lipinski definition) is 9. The minimum Gasteiger partial charge on any atom is -0.491 e. The minimum atomic E-state index is -0.222. The van der Waals surface area contributed by atoms with Gasteiger partial charge in [-0.05, 0) is 64.1 Å². The van der Waals surface area contributed by atoms with Crippen LogP contribution in [0.3, 0.4) is 0 Å². The zero-order valence-corrected chi connectivity index (χ0v) is 27.1. The van der Waals surface area contributed by atoms with Crippen LogP contribution in [0.5, 0.6) is 5.75 Å². The first-order chi connectivity index (χ1) is 21.9. The second kappa shape index (κ2) is 12.7. The molecule has 11 heteroatoms. The number of ether oxygens (including phenoxy) is 1. The lowest BCUT2D eigenvalue weighted by atomic mass is 9.89. The van der Waals surface area contributed by atoms with Crippen LogP contribution in [-0.2, 0) is 11.2 Å². The van der Waals surface area contributed by atoms with Crippen molar-refractivity contribution in [2.24, 2.45) is 0 Å². The minimum absolute atomic E-state index is 0.0121. The highest BCUT2D eigenvalue weighted by Crippen LogP contribution is 2.42. The monoisotopic (exact) mass is 616 g/mol. The molecule has 45 heavy (non-hydrogen) atoms. The molecule has 1 atom stereocenters. The number of anilines is 4. The van der Waals surface area contributed by atoms with Gasteiger partial charge >= 0.3 is 0 Å². The molecule has 3 fully saturated rings. The quantitative estimate of drug-likeness (QED) is 0.479. The van der Waals surface area contributed by atoms with Gasteiger partial charge in [-0.2, -0.15) is 4.98 Å². The molecule has 2 N–H and O–H groups in total. The van der Waals surface area contributed by atoms with Crippen LogP contribution in [0.15, 0.2) is 18.3 Å². The van der Waals surface area contributed by atoms with Crippen LogP contribution in [0.25, 0.3) is 0 Å². The van der Waals surface area contributed by atoms with Crippen molar-refractivity contribution in [3.05, 3.63) is 29.5 Å². The van der Waals surface area contributed by atoms with Crippen LogP contribution in [-0.4, -0.2) is 103 Å². The second-order valence-corrected chi connectivity index (χ2v) is 13.6. The predicted molar refractivity (Wildman–Crippen MR) is 176 cm³/mol. The van der Waals surface area contributed by atoms with Crippen LogP contribution in [0, 0.1) is 0 Å². The summed E-state index contributed by atoms with van der Waals surface area (Å²) in [5.41, 5.74) is 3.13. The van der Waals surface area contributed by atoms with Gasteiger partial charge in [0.05, 0.1) is 18.5 Å². The fraction of sp³-hybridized carbons (Fsp3) is 0.647. The summed E-state index contributed by atoms with van der Waals surface area (Å²) in [6, 6.07) is 4.75. The van der Waals surface area contributed by atoms with Crippen molar-refractivity contribution in [1.82, 2.24) is 25.1 Å². The summed E-state index contributed by atoms with van der Waals surface area (Å²) in [5, 5.41) is 6.74. The summed E-state index contributed by atoms with van der Waals surface area (Å²) in [6.45, 7) is 7.19. The van der Waals surface area contributed by atoms with Crippen LogP contribution >= 0.6 is 0 Å². The van der Waals surface area contributed by atoms with E-state index in [1.165, 1.54) is 12.8 Å². The first-order valence-corrected chi connectivity index (χ1v) is 17.1. The van der Waals surface area contributed by atoms with Crippen molar-refractivity contribution in [1.29, 1.82) is 0 Å². The number of amides is 2. The maximum Gasteiger partial charge on any atom is 0.251 e. The lowest BCUT2D eigenvalue weighted by molar-refractivity contribution is -0.120. The number of nitrogens with zero attached hydrogens (tertiary/aromatic N) is 6. The van der Waals surface area contributed by atoms with Crippen molar-refractivity contribution < 1.29 is 14.3 Å². The van der Waals surface area contributed by atoms with E-state index in [1.54, 1.807) is 11.1 Å². The number of aromatic nitrogens is 2. The Labute approximate surface area is 266 Å². The van der Waals surface area contributed by atoms with Gasteiger partial charge in [0.15, 0.2) is 5.82 Å². The second-order valence-electron chi connectivity index (χ2n) is 13.6. The van der Waals surface area contributed by atoms with Gasteiger partial charge in [-0.15, -0.1) is 0 Å². The van der Waals surface area contributed by atoms with Crippen molar-refractivity contribution in [3.63, 3.8) is 0 Å². The predicted octanol–water partition coefficient (Wildman–Crippen LogP) is 3.95. The van der Waals surface area contributed by atoms with E-state index in [4.69, 9.17) is 9.72 Å². The lowest BCUT2D eigenvalue weighted by Gasteiger charge is -2.43. The summed E-state index contributed by atoms with van der Waals surface area (Å²) in [4.78, 5) is 45.4. The molecule has 11 nitrogen and oxygen atoms in total. The number of carbonyl (C=O) groups is 2. The summed E-state index contributed by atoms with van der Waals surface area (Å²) < 4.78 is 6.08. The Hall–Kier alpha value is -3.44. The van der Waals surface area contributed by atoms with Gasteiger partial charge in [-0.3, -0.25) is 14.5 Å². The van der Waals surface area contributed by atoms with Crippen LogP contribution < -0.4 is 25.2 Å². The Morgan fingerprint density at radius 3 is 2.49 bits per heavy atom. The third kappa shape index (κ3) is 5.85. The fourth-order valence-corrected chi connectivity index (χ4v) is 8.21. The number of rotatable bonds is 7. The molecule has 1 aromatic carbocycles. The zero-order valence-electron chi connectivity index (χ0n) is 27.1. The van der Waals surface area contributed by atoms with Gasteiger partial charge in [-0.25, -0.2) is 4.98 Å². The molecule has 2 amide bonds. The number of fused-ring (bicyclic) bond motifs is 2. The number of likely N-dealkylation sites (N-methyl/N-ethyl adjacent to an activating group) is 2. The molecule has 5 aliphatic rings. The van der Waals surface area contributed by atoms with E-state index in [1.807, 2.05) is 19.2 Å². The number of hydrogen-bond donors (Lipinski definition) is 2. The molecular formula is C34H48N8O3. The number of carbonyl (C=O) groups excluding carboxylic acids is 2. The van der Waals surface area contributed by atoms with E-state index < -0.39 is 0 Å². The van der Waals surface area contributed by atoms with Crippen LogP contribution in [0.2, 0.25) is 0 Å². The highest BCUT2D eigenvalue weighted by Gasteiger charge is 2.41. The van der Waals surface area contributed by atoms with Gasteiger partial charge in [0, 0.05) is 68.9 Å². The van der Waals surface area contributed by atoms with E-state index in [2.05, 4.69) is 44.3 Å². The first-order valence-electron chi connectivity index (χ1n) is 17.1. The topological polar surface area (TPSA) is 106 Å². The molecule has 0 spiro atoms. The van der Waals surface area contributed by atoms with Gasteiger partial charge in [0.25, 0.3) is 5.91 Å². The average molecular weight is 617 g/mol. The highest BCUT2D eigenvalue weighted by molar-refractivity contribution is 6.04. The number of benzene rings is 1. The van der Waals surface area contributed by atoms with E-state index in [0.29, 0.717) is 42.4 Å². The van der Waals surface area contributed by atoms with Crippen molar-refractivity contribution in [2.75, 3.05) is 62.0 Å². The maximum absolute atomic E-state index is 13.5. The zero-order chi connectivity index (χ0) is 31.1. The van der Waals surface area contributed by atoms with Crippen molar-refractivity contribution in [2.45, 2.75) is 95.3 Å². The SMILES string of the molecule is CC[C@@H]1C(=O)N(C)c2cnc(Nc3ccc(C(=O)N[C@H]4CC[C@H](N5CCN(C)CC5)CC4)c4c3OCC4)nc2N1C1CCCC1. The van der Waals surface area contributed by atoms with Gasteiger partial charge in [0.2, 0.25) is 11.9 Å². The third-order valence-corrected chi connectivity index (χ3v) is 10.8. The van der Waals surface area contributed by atoms with E-state index in [-0.39, 0.29) is 23.9 Å². The van der Waals surface area contributed by atoms with Crippen LogP contribution in [0.4, 0.5) is 23.1 Å². The summed E-state index contributed by atoms with van der Waals surface area (Å²) in [6.07, 6.45) is 12.0. The molecule has 7 rings (SSSR count). The Morgan fingerprint density at radius 1 is 1.00 bits per heavy atom. The summed E-state index contributed by atoms with van der Waals surface area (Å²) in [5.74, 6) is 2.06. The molecule has 1 aromatic heterocycles. The fourth-order valence-electron chi connectivity index (χ4n) is 8.21. The Kier molecular flexibility index (Phi) is 8.56. The number of nitrogens with one attached hydrogen (secondary N) is 2. The molecular weight excluding hydrogens is 568 g/mol. The van der Waals surface area contributed by atoms with Crippen molar-refractivity contribution >= 4 is 35.0 Å². The average Bonchev–Trinajstić information content (AvgIpc) is 3.77. The summed E-state index contributed by atoms with van der Waals surface area (Å²) in [7, 11) is 4.01. The van der Waals surface area contributed by atoms with Gasteiger partial charge < -0.3 is 30.1 Å².